The zero-order valence-electron chi connectivity index (χ0n) is 14.2. The number of ether oxygens (including phenoxy) is 2. The number of thioether (sulfide) groups is 1. The first-order valence-electron chi connectivity index (χ1n) is 8.18. The molecule has 0 radical (unpaired) electrons. The molecule has 0 unspecified atom stereocenters. The van der Waals surface area contributed by atoms with Crippen LogP contribution in [0.15, 0.2) is 24.3 Å². The first-order valence-corrected chi connectivity index (χ1v) is 9.58. The van der Waals surface area contributed by atoms with Gasteiger partial charge in [0.1, 0.15) is 10.1 Å². The van der Waals surface area contributed by atoms with E-state index in [1.807, 2.05) is 6.92 Å². The van der Waals surface area contributed by atoms with Gasteiger partial charge in [0.2, 0.25) is 0 Å². The van der Waals surface area contributed by atoms with Gasteiger partial charge in [-0.2, -0.15) is 0 Å². The molecule has 0 bridgehead atoms. The molecule has 1 saturated heterocycles. The van der Waals surface area contributed by atoms with Gasteiger partial charge in [-0.05, 0) is 44.0 Å². The van der Waals surface area contributed by atoms with Gasteiger partial charge in [-0.3, -0.25) is 9.59 Å². The maximum absolute atomic E-state index is 11.8. The second kappa shape index (κ2) is 10.2. The Balaban J connectivity index is 1.64. The fraction of sp³-hybridized carbons (Fsp3) is 0.471. The minimum absolute atomic E-state index is 0.117. The van der Waals surface area contributed by atoms with Crippen LogP contribution in [0.5, 0.6) is 5.75 Å². The first-order chi connectivity index (χ1) is 12.1. The summed E-state index contributed by atoms with van der Waals surface area (Å²) in [4.78, 5) is 25.6. The van der Waals surface area contributed by atoms with Crippen LogP contribution in [-0.4, -0.2) is 53.2 Å². The lowest BCUT2D eigenvalue weighted by Gasteiger charge is -2.17. The molecule has 0 aromatic heterocycles. The number of carbonyl (C=O) groups is 2. The van der Waals surface area contributed by atoms with Crippen molar-refractivity contribution in [3.63, 3.8) is 0 Å². The predicted molar refractivity (Wildman–Crippen MR) is 103 cm³/mol. The molecule has 0 saturated carbocycles. The molecule has 1 heterocycles. The lowest BCUT2D eigenvalue weighted by Crippen LogP contribution is -2.25. The number of amides is 1. The van der Waals surface area contributed by atoms with Gasteiger partial charge < -0.3 is 19.7 Å². The molecule has 1 amide bonds. The molecule has 6 nitrogen and oxygen atoms in total. The van der Waals surface area contributed by atoms with E-state index in [1.54, 1.807) is 24.3 Å². The largest absolute Gasteiger partial charge is 0.494 e. The Bertz CT molecular complexity index is 601. The first kappa shape index (κ1) is 19.5. The van der Waals surface area contributed by atoms with E-state index >= 15 is 0 Å². The lowest BCUT2D eigenvalue weighted by molar-refractivity contribution is -0.144. The summed E-state index contributed by atoms with van der Waals surface area (Å²) < 4.78 is 11.0. The number of carbonyl (C=O) groups excluding carboxylic acids is 2. The number of esters is 1. The molecule has 136 valence electrons. The summed E-state index contributed by atoms with van der Waals surface area (Å²) in [5.41, 5.74) is 0.620. The molecule has 8 heteroatoms. The number of anilines is 1. The number of rotatable bonds is 7. The number of thiocarbonyl (C=S) groups is 1. The van der Waals surface area contributed by atoms with E-state index < -0.39 is 5.97 Å². The van der Waals surface area contributed by atoms with E-state index in [0.717, 1.165) is 31.7 Å². The highest BCUT2D eigenvalue weighted by molar-refractivity contribution is 8.23. The average Bonchev–Trinajstić information content (AvgIpc) is 3.14. The lowest BCUT2D eigenvalue weighted by atomic mass is 10.3. The minimum Gasteiger partial charge on any atom is -0.494 e. The van der Waals surface area contributed by atoms with Crippen LogP contribution in [0, 0.1) is 0 Å². The third-order valence-electron chi connectivity index (χ3n) is 3.49. The molecule has 0 aliphatic carbocycles. The van der Waals surface area contributed by atoms with E-state index in [-0.39, 0.29) is 18.3 Å². The highest BCUT2D eigenvalue weighted by Gasteiger charge is 2.17. The Morgan fingerprint density at radius 3 is 2.56 bits per heavy atom. The van der Waals surface area contributed by atoms with Gasteiger partial charge in [-0.15, -0.1) is 0 Å². The SMILES string of the molecule is CCOc1ccc(NC(=O)COC(=O)CSC(=S)N2CCCC2)cc1. The number of nitrogens with one attached hydrogen (secondary N) is 1. The molecule has 1 aromatic rings. The molecule has 0 atom stereocenters. The second-order valence-corrected chi connectivity index (χ2v) is 7.02. The summed E-state index contributed by atoms with van der Waals surface area (Å²) in [6.45, 7) is 4.07. The smallest absolute Gasteiger partial charge is 0.316 e. The standard InChI is InChI=1S/C17H22N2O4S2/c1-2-22-14-7-5-13(6-8-14)18-15(20)11-23-16(21)12-25-17(24)19-9-3-4-10-19/h5-8H,2-4,9-12H2,1H3,(H,18,20). The van der Waals surface area contributed by atoms with Crippen molar-refractivity contribution in [2.24, 2.45) is 0 Å². The topological polar surface area (TPSA) is 67.9 Å². The molecule has 1 aromatic carbocycles. The Kier molecular flexibility index (Phi) is 8.00. The van der Waals surface area contributed by atoms with Gasteiger partial charge in [-0.1, -0.05) is 24.0 Å². The number of hydrogen-bond donors (Lipinski definition) is 1. The van der Waals surface area contributed by atoms with Crippen LogP contribution in [0.1, 0.15) is 19.8 Å². The molecule has 1 N–H and O–H groups in total. The quantitative estimate of drug-likeness (QED) is 0.574. The van der Waals surface area contributed by atoms with E-state index in [9.17, 15) is 9.59 Å². The Labute approximate surface area is 157 Å². The van der Waals surface area contributed by atoms with Crippen LogP contribution < -0.4 is 10.1 Å². The third-order valence-corrected chi connectivity index (χ3v) is 4.99. The highest BCUT2D eigenvalue weighted by Crippen LogP contribution is 2.17. The molecule has 1 aliphatic heterocycles. The normalized spacial score (nSPS) is 13.4. The summed E-state index contributed by atoms with van der Waals surface area (Å²) in [5, 5.41) is 2.66. The van der Waals surface area contributed by atoms with Crippen molar-refractivity contribution >= 4 is 45.9 Å². The van der Waals surface area contributed by atoms with Crippen molar-refractivity contribution in [2.75, 3.05) is 37.4 Å². The molecule has 1 aliphatic rings. The summed E-state index contributed by atoms with van der Waals surface area (Å²) in [7, 11) is 0. The second-order valence-electron chi connectivity index (χ2n) is 5.41. The van der Waals surface area contributed by atoms with Crippen LogP contribution in [0.4, 0.5) is 5.69 Å². The van der Waals surface area contributed by atoms with E-state index in [1.165, 1.54) is 11.8 Å². The van der Waals surface area contributed by atoms with E-state index in [0.29, 0.717) is 16.6 Å². The number of nitrogens with zero attached hydrogens (tertiary/aromatic N) is 1. The molecule has 25 heavy (non-hydrogen) atoms. The van der Waals surface area contributed by atoms with E-state index in [2.05, 4.69) is 10.2 Å². The van der Waals surface area contributed by atoms with Crippen LogP contribution >= 0.6 is 24.0 Å². The molecule has 2 rings (SSSR count). The zero-order valence-corrected chi connectivity index (χ0v) is 15.8. The number of hydrogen-bond acceptors (Lipinski definition) is 6. The van der Waals surface area contributed by atoms with Crippen molar-refractivity contribution in [1.82, 2.24) is 4.90 Å². The van der Waals surface area contributed by atoms with Crippen LogP contribution in [0.2, 0.25) is 0 Å². The maximum Gasteiger partial charge on any atom is 0.316 e. The Hall–Kier alpha value is -1.80. The molecular formula is C17H22N2O4S2. The van der Waals surface area contributed by atoms with Crippen molar-refractivity contribution in [3.05, 3.63) is 24.3 Å². The van der Waals surface area contributed by atoms with Crippen molar-refractivity contribution in [2.45, 2.75) is 19.8 Å². The maximum atomic E-state index is 11.8. The minimum atomic E-state index is -0.451. The Morgan fingerprint density at radius 2 is 1.92 bits per heavy atom. The van der Waals surface area contributed by atoms with Gasteiger partial charge in [0.15, 0.2) is 6.61 Å². The van der Waals surface area contributed by atoms with Crippen LogP contribution in [0.3, 0.4) is 0 Å². The van der Waals surface area contributed by atoms with Gasteiger partial charge in [0, 0.05) is 18.8 Å². The zero-order chi connectivity index (χ0) is 18.1. The summed E-state index contributed by atoms with van der Waals surface area (Å²) in [5.74, 6) is 0.0158. The highest BCUT2D eigenvalue weighted by atomic mass is 32.2. The van der Waals surface area contributed by atoms with Crippen LogP contribution in [0.25, 0.3) is 0 Å². The Morgan fingerprint density at radius 1 is 1.24 bits per heavy atom. The summed E-state index contributed by atoms with van der Waals surface area (Å²) in [6, 6.07) is 6.99. The monoisotopic (exact) mass is 382 g/mol. The molecule has 1 fully saturated rings. The fourth-order valence-electron chi connectivity index (χ4n) is 2.30. The van der Waals surface area contributed by atoms with Crippen molar-refractivity contribution in [3.8, 4) is 5.75 Å². The van der Waals surface area contributed by atoms with Gasteiger partial charge in [0.05, 0.1) is 12.4 Å². The number of likely N-dealkylation sites (tertiary alicyclic amines) is 1. The predicted octanol–water partition coefficient (Wildman–Crippen LogP) is 2.68. The van der Waals surface area contributed by atoms with Crippen LogP contribution in [-0.2, 0) is 14.3 Å². The average molecular weight is 383 g/mol. The van der Waals surface area contributed by atoms with Crippen molar-refractivity contribution in [1.29, 1.82) is 0 Å². The fourth-order valence-corrected chi connectivity index (χ4v) is 3.35. The molecular weight excluding hydrogens is 360 g/mol. The van der Waals surface area contributed by atoms with Gasteiger partial charge in [0.25, 0.3) is 5.91 Å². The van der Waals surface area contributed by atoms with E-state index in [4.69, 9.17) is 21.7 Å². The summed E-state index contributed by atoms with van der Waals surface area (Å²) >= 11 is 6.56. The third kappa shape index (κ3) is 6.91. The number of benzene rings is 1. The van der Waals surface area contributed by atoms with Crippen molar-refractivity contribution < 1.29 is 19.1 Å². The van der Waals surface area contributed by atoms with Gasteiger partial charge >= 0.3 is 5.97 Å². The summed E-state index contributed by atoms with van der Waals surface area (Å²) in [6.07, 6.45) is 2.27. The van der Waals surface area contributed by atoms with Gasteiger partial charge in [-0.25, -0.2) is 0 Å². The molecule has 0 spiro atoms.